The Morgan fingerprint density at radius 3 is 2.00 bits per heavy atom. The summed E-state index contributed by atoms with van der Waals surface area (Å²) in [5, 5.41) is 0.827. The molecule has 0 aliphatic heterocycles. The van der Waals surface area contributed by atoms with Crippen LogP contribution in [0.3, 0.4) is 0 Å². The van der Waals surface area contributed by atoms with Gasteiger partial charge >= 0.3 is 0 Å². The zero-order valence-corrected chi connectivity index (χ0v) is 9.68. The minimum absolute atomic E-state index is 0.827. The predicted molar refractivity (Wildman–Crippen MR) is 66.4 cm³/mol. The minimum atomic E-state index is 0.827. The van der Waals surface area contributed by atoms with Crippen LogP contribution < -0.4 is 0 Å². The molecule has 0 aliphatic carbocycles. The van der Waals surface area contributed by atoms with Gasteiger partial charge in [0.25, 0.3) is 0 Å². The molecule has 0 spiro atoms. The largest absolute Gasteiger partial charge is 0.0840 e. The molecule has 0 nitrogen and oxygen atoms in total. The average Bonchev–Trinajstić information content (AvgIpc) is 2.23. The quantitative estimate of drug-likeness (QED) is 0.652. The summed E-state index contributed by atoms with van der Waals surface area (Å²) >= 11 is 6.09. The molecule has 0 heterocycles. The molecule has 0 amide bonds. The van der Waals surface area contributed by atoms with Crippen LogP contribution in [-0.2, 0) is 0 Å². The maximum atomic E-state index is 6.09. The van der Waals surface area contributed by atoms with Gasteiger partial charge in [-0.2, -0.15) is 0 Å². The molecule has 0 unspecified atom stereocenters. The Labute approximate surface area is 95.5 Å². The van der Waals surface area contributed by atoms with Gasteiger partial charge in [0, 0.05) is 5.02 Å². The summed E-state index contributed by atoms with van der Waals surface area (Å²) in [6.07, 6.45) is 0. The van der Waals surface area contributed by atoms with Gasteiger partial charge < -0.3 is 0 Å². The van der Waals surface area contributed by atoms with Crippen LogP contribution in [0.2, 0.25) is 5.02 Å². The second-order valence-electron chi connectivity index (χ2n) is 3.83. The van der Waals surface area contributed by atoms with Gasteiger partial charge in [-0.05, 0) is 36.6 Å². The maximum Gasteiger partial charge on any atom is 0.0441 e. The topological polar surface area (TPSA) is 0 Å². The molecule has 15 heavy (non-hydrogen) atoms. The highest BCUT2D eigenvalue weighted by Gasteiger charge is 2.00. The third-order valence-electron chi connectivity index (χ3n) is 2.56. The molecule has 2 rings (SSSR count). The van der Waals surface area contributed by atoms with Crippen LogP contribution >= 0.6 is 11.6 Å². The summed E-state index contributed by atoms with van der Waals surface area (Å²) in [7, 11) is 0. The Morgan fingerprint density at radius 1 is 0.800 bits per heavy atom. The molecule has 0 aromatic heterocycles. The zero-order chi connectivity index (χ0) is 10.8. The predicted octanol–water partition coefficient (Wildman–Crippen LogP) is 4.62. The Bertz CT molecular complexity index is 469. The van der Waals surface area contributed by atoms with Crippen LogP contribution in [-0.4, -0.2) is 0 Å². The van der Waals surface area contributed by atoms with Crippen LogP contribution in [0.5, 0.6) is 0 Å². The maximum absolute atomic E-state index is 6.09. The van der Waals surface area contributed by atoms with E-state index < -0.39 is 0 Å². The van der Waals surface area contributed by atoms with Crippen molar-refractivity contribution in [1.82, 2.24) is 0 Å². The number of benzene rings is 2. The minimum Gasteiger partial charge on any atom is -0.0840 e. The van der Waals surface area contributed by atoms with Gasteiger partial charge in [-0.25, -0.2) is 0 Å². The lowest BCUT2D eigenvalue weighted by Gasteiger charge is -2.04. The van der Waals surface area contributed by atoms with E-state index in [4.69, 9.17) is 11.6 Å². The van der Waals surface area contributed by atoms with E-state index in [9.17, 15) is 0 Å². The van der Waals surface area contributed by atoms with Crippen molar-refractivity contribution in [3.8, 4) is 11.1 Å². The molecule has 0 aliphatic rings. The summed E-state index contributed by atoms with van der Waals surface area (Å²) in [4.78, 5) is 0. The number of rotatable bonds is 1. The Hall–Kier alpha value is -1.27. The van der Waals surface area contributed by atoms with Gasteiger partial charge in [0.2, 0.25) is 0 Å². The Balaban J connectivity index is 2.45. The standard InChI is InChI=1S/C14H13Cl/c1-10-3-6-12(7-4-10)13-8-5-11(2)14(15)9-13/h3-9H,1-2H3. The van der Waals surface area contributed by atoms with Crippen LogP contribution in [0.4, 0.5) is 0 Å². The third-order valence-corrected chi connectivity index (χ3v) is 2.96. The molecule has 0 atom stereocenters. The third kappa shape index (κ3) is 2.21. The first-order chi connectivity index (χ1) is 7.16. The van der Waals surface area contributed by atoms with Crippen molar-refractivity contribution in [2.75, 3.05) is 0 Å². The number of halogens is 1. The van der Waals surface area contributed by atoms with Crippen molar-refractivity contribution in [3.05, 3.63) is 58.6 Å². The first-order valence-electron chi connectivity index (χ1n) is 5.00. The SMILES string of the molecule is Cc1ccc(-c2ccc(C)c(Cl)c2)cc1. The molecular formula is C14H13Cl. The van der Waals surface area contributed by atoms with Crippen LogP contribution in [0.25, 0.3) is 11.1 Å². The van der Waals surface area contributed by atoms with Gasteiger partial charge in [0.1, 0.15) is 0 Å². The van der Waals surface area contributed by atoms with E-state index >= 15 is 0 Å². The molecule has 2 aromatic rings. The molecule has 2 aromatic carbocycles. The second kappa shape index (κ2) is 4.08. The van der Waals surface area contributed by atoms with Gasteiger partial charge in [-0.15, -0.1) is 0 Å². The van der Waals surface area contributed by atoms with E-state index in [1.165, 1.54) is 16.7 Å². The second-order valence-corrected chi connectivity index (χ2v) is 4.24. The van der Waals surface area contributed by atoms with Crippen molar-refractivity contribution < 1.29 is 0 Å². The molecule has 0 N–H and O–H groups in total. The first-order valence-corrected chi connectivity index (χ1v) is 5.38. The smallest absolute Gasteiger partial charge is 0.0441 e. The lowest BCUT2D eigenvalue weighted by atomic mass is 10.0. The molecule has 0 bridgehead atoms. The summed E-state index contributed by atoms with van der Waals surface area (Å²) in [6, 6.07) is 14.6. The fourth-order valence-electron chi connectivity index (χ4n) is 1.52. The van der Waals surface area contributed by atoms with Gasteiger partial charge in [-0.1, -0.05) is 53.6 Å². The van der Waals surface area contributed by atoms with E-state index in [0.717, 1.165) is 10.6 Å². The van der Waals surface area contributed by atoms with Gasteiger partial charge in [0.15, 0.2) is 0 Å². The van der Waals surface area contributed by atoms with Gasteiger partial charge in [0.05, 0.1) is 0 Å². The fourth-order valence-corrected chi connectivity index (χ4v) is 1.70. The molecule has 0 radical (unpaired) electrons. The fraction of sp³-hybridized carbons (Fsp3) is 0.143. The number of hydrogen-bond donors (Lipinski definition) is 0. The molecule has 1 heteroatoms. The summed E-state index contributed by atoms with van der Waals surface area (Å²) < 4.78 is 0. The van der Waals surface area contributed by atoms with E-state index in [2.05, 4.69) is 43.3 Å². The summed E-state index contributed by atoms with van der Waals surface area (Å²) in [5.74, 6) is 0. The van der Waals surface area contributed by atoms with E-state index in [1.54, 1.807) is 0 Å². The average molecular weight is 217 g/mol. The van der Waals surface area contributed by atoms with Crippen molar-refractivity contribution in [2.24, 2.45) is 0 Å². The number of hydrogen-bond acceptors (Lipinski definition) is 0. The Kier molecular flexibility index (Phi) is 2.79. The summed E-state index contributed by atoms with van der Waals surface area (Å²) in [5.41, 5.74) is 4.78. The lowest BCUT2D eigenvalue weighted by molar-refractivity contribution is 1.45. The summed E-state index contributed by atoms with van der Waals surface area (Å²) in [6.45, 7) is 4.10. The highest BCUT2D eigenvalue weighted by Crippen LogP contribution is 2.25. The van der Waals surface area contributed by atoms with Crippen molar-refractivity contribution in [2.45, 2.75) is 13.8 Å². The monoisotopic (exact) mass is 216 g/mol. The lowest BCUT2D eigenvalue weighted by Crippen LogP contribution is -1.80. The highest BCUT2D eigenvalue weighted by molar-refractivity contribution is 6.31. The van der Waals surface area contributed by atoms with Crippen LogP contribution in [0, 0.1) is 13.8 Å². The molecule has 0 fully saturated rings. The van der Waals surface area contributed by atoms with E-state index in [1.807, 2.05) is 13.0 Å². The van der Waals surface area contributed by atoms with Crippen molar-refractivity contribution in [3.63, 3.8) is 0 Å². The normalized spacial score (nSPS) is 10.3. The van der Waals surface area contributed by atoms with Gasteiger partial charge in [-0.3, -0.25) is 0 Å². The van der Waals surface area contributed by atoms with E-state index in [-0.39, 0.29) is 0 Å². The Morgan fingerprint density at radius 2 is 1.40 bits per heavy atom. The highest BCUT2D eigenvalue weighted by atomic mass is 35.5. The van der Waals surface area contributed by atoms with Crippen LogP contribution in [0.15, 0.2) is 42.5 Å². The molecule has 0 saturated carbocycles. The van der Waals surface area contributed by atoms with Crippen molar-refractivity contribution in [1.29, 1.82) is 0 Å². The first kappa shape index (κ1) is 10.3. The van der Waals surface area contributed by atoms with Crippen molar-refractivity contribution >= 4 is 11.6 Å². The molecule has 76 valence electrons. The van der Waals surface area contributed by atoms with E-state index in [0.29, 0.717) is 0 Å². The molecular weight excluding hydrogens is 204 g/mol. The van der Waals surface area contributed by atoms with Crippen LogP contribution in [0.1, 0.15) is 11.1 Å². The molecule has 0 saturated heterocycles. The number of aryl methyl sites for hydroxylation is 2. The zero-order valence-electron chi connectivity index (χ0n) is 8.92.